The maximum absolute atomic E-state index is 13.1. The Balaban J connectivity index is 1.43. The summed E-state index contributed by atoms with van der Waals surface area (Å²) in [6.45, 7) is 9.28. The second-order valence-corrected chi connectivity index (χ2v) is 9.44. The summed E-state index contributed by atoms with van der Waals surface area (Å²) in [7, 11) is 0. The summed E-state index contributed by atoms with van der Waals surface area (Å²) in [5.41, 5.74) is 6.85. The lowest BCUT2D eigenvalue weighted by molar-refractivity contribution is -0.130. The Bertz CT molecular complexity index is 895. The monoisotopic (exact) mass is 426 g/mol. The maximum Gasteiger partial charge on any atom is 0.231 e. The van der Waals surface area contributed by atoms with Gasteiger partial charge in [0, 0.05) is 23.9 Å². The molecule has 1 aliphatic carbocycles. The first-order valence-corrected chi connectivity index (χ1v) is 11.5. The number of nitrogens with two attached hydrogens (primary N) is 1. The molecule has 1 aromatic rings. The van der Waals surface area contributed by atoms with Crippen LogP contribution in [0.1, 0.15) is 58.6 Å². The van der Waals surface area contributed by atoms with Crippen molar-refractivity contribution in [1.82, 2.24) is 10.2 Å². The quantitative estimate of drug-likeness (QED) is 0.731. The summed E-state index contributed by atoms with van der Waals surface area (Å²) >= 11 is 0. The minimum absolute atomic E-state index is 0.0152. The van der Waals surface area contributed by atoms with E-state index in [9.17, 15) is 9.59 Å². The van der Waals surface area contributed by atoms with E-state index in [0.717, 1.165) is 24.2 Å². The van der Waals surface area contributed by atoms with Crippen LogP contribution in [0.2, 0.25) is 0 Å². The minimum Gasteiger partial charge on any atom is -0.493 e. The van der Waals surface area contributed by atoms with Crippen LogP contribution < -0.4 is 15.8 Å². The second kappa shape index (κ2) is 8.17. The van der Waals surface area contributed by atoms with E-state index in [0.29, 0.717) is 25.5 Å². The van der Waals surface area contributed by atoms with Gasteiger partial charge in [-0.05, 0) is 30.7 Å². The predicted octanol–water partition coefficient (Wildman–Crippen LogP) is 2.86. The van der Waals surface area contributed by atoms with Gasteiger partial charge in [0.2, 0.25) is 11.8 Å². The van der Waals surface area contributed by atoms with Crippen molar-refractivity contribution in [2.24, 2.45) is 34.4 Å². The summed E-state index contributed by atoms with van der Waals surface area (Å²) in [4.78, 5) is 32.2. The highest BCUT2D eigenvalue weighted by atomic mass is 16.5. The third kappa shape index (κ3) is 3.90. The van der Waals surface area contributed by atoms with E-state index in [4.69, 9.17) is 10.5 Å². The number of guanidine groups is 1. The lowest BCUT2D eigenvalue weighted by Gasteiger charge is -2.36. The standard InChI is InChI=1S/C24H34N4O3/c1-5-24(6-2)11-19(29)28(23(25)27-24)12-17-15(4)20(17)22(30)26-21-14(3)13-31-18-10-8-7-9-16(18)21/h7-10,14-15,17,20-21H,5-6,11-13H2,1-4H3,(H2,25,27)(H,26,30)/t14-,15?,17?,20?,21-/m0/s1. The Labute approximate surface area is 184 Å². The summed E-state index contributed by atoms with van der Waals surface area (Å²) < 4.78 is 5.80. The first kappa shape index (κ1) is 21.7. The lowest BCUT2D eigenvalue weighted by atomic mass is 9.88. The summed E-state index contributed by atoms with van der Waals surface area (Å²) in [6.07, 6.45) is 1.97. The fraction of sp³-hybridized carbons (Fsp3) is 0.625. The SMILES string of the molecule is CCC1(CC)CC(=O)N(CC2C(C)C2C(=O)N[C@@H]2c3ccccc3OC[C@@H]2C)C(N)=N1. The van der Waals surface area contributed by atoms with Gasteiger partial charge in [-0.25, -0.2) is 4.99 Å². The van der Waals surface area contributed by atoms with Gasteiger partial charge in [0.05, 0.1) is 24.6 Å². The molecular formula is C24H34N4O3. The van der Waals surface area contributed by atoms with E-state index in [2.05, 4.69) is 24.2 Å². The molecule has 2 aliphatic heterocycles. The van der Waals surface area contributed by atoms with Crippen molar-refractivity contribution in [3.8, 4) is 5.75 Å². The van der Waals surface area contributed by atoms with E-state index < -0.39 is 0 Å². The van der Waals surface area contributed by atoms with E-state index >= 15 is 0 Å². The van der Waals surface area contributed by atoms with Gasteiger partial charge >= 0.3 is 0 Å². The van der Waals surface area contributed by atoms with Crippen LogP contribution in [0.15, 0.2) is 29.3 Å². The van der Waals surface area contributed by atoms with Gasteiger partial charge in [0.25, 0.3) is 0 Å². The molecule has 3 unspecified atom stereocenters. The maximum atomic E-state index is 13.1. The third-order valence-corrected chi connectivity index (χ3v) is 7.61. The molecule has 1 aromatic carbocycles. The smallest absolute Gasteiger partial charge is 0.231 e. The highest BCUT2D eigenvalue weighted by molar-refractivity contribution is 5.99. The number of carbonyl (C=O) groups is 2. The van der Waals surface area contributed by atoms with Crippen molar-refractivity contribution in [3.63, 3.8) is 0 Å². The van der Waals surface area contributed by atoms with Crippen LogP contribution in [0.5, 0.6) is 5.75 Å². The van der Waals surface area contributed by atoms with Crippen molar-refractivity contribution >= 4 is 17.8 Å². The van der Waals surface area contributed by atoms with Gasteiger partial charge in [-0.1, -0.05) is 45.9 Å². The fourth-order valence-electron chi connectivity index (χ4n) is 5.13. The van der Waals surface area contributed by atoms with Crippen LogP contribution in [0.3, 0.4) is 0 Å². The number of fused-ring (bicyclic) bond motifs is 1. The molecule has 7 nitrogen and oxygen atoms in total. The summed E-state index contributed by atoms with van der Waals surface area (Å²) in [6, 6.07) is 7.81. The number of nitrogens with one attached hydrogen (secondary N) is 1. The molecule has 2 amide bonds. The zero-order valence-electron chi connectivity index (χ0n) is 18.9. The zero-order chi connectivity index (χ0) is 22.3. The second-order valence-electron chi connectivity index (χ2n) is 9.44. The minimum atomic E-state index is -0.379. The van der Waals surface area contributed by atoms with Crippen molar-refractivity contribution in [2.75, 3.05) is 13.2 Å². The average molecular weight is 427 g/mol. The Morgan fingerprint density at radius 3 is 2.68 bits per heavy atom. The highest BCUT2D eigenvalue weighted by Gasteiger charge is 2.54. The molecule has 0 saturated heterocycles. The van der Waals surface area contributed by atoms with Crippen LogP contribution in [0, 0.1) is 23.7 Å². The molecule has 2 heterocycles. The molecule has 3 N–H and O–H groups in total. The molecule has 0 spiro atoms. The number of carbonyl (C=O) groups excluding carboxylic acids is 2. The molecule has 4 rings (SSSR count). The van der Waals surface area contributed by atoms with Crippen molar-refractivity contribution in [3.05, 3.63) is 29.8 Å². The number of amides is 2. The number of rotatable bonds is 6. The van der Waals surface area contributed by atoms with Crippen LogP contribution in [0.4, 0.5) is 0 Å². The van der Waals surface area contributed by atoms with E-state index in [-0.39, 0.29) is 47.1 Å². The highest BCUT2D eigenvalue weighted by Crippen LogP contribution is 2.48. The van der Waals surface area contributed by atoms with Crippen LogP contribution >= 0.6 is 0 Å². The molecule has 0 bridgehead atoms. The van der Waals surface area contributed by atoms with E-state index in [1.54, 1.807) is 4.90 Å². The molecule has 0 aromatic heterocycles. The van der Waals surface area contributed by atoms with Gasteiger partial charge in [-0.2, -0.15) is 0 Å². The molecule has 1 fully saturated rings. The lowest BCUT2D eigenvalue weighted by Crippen LogP contribution is -2.52. The normalized spacial score (nSPS) is 31.4. The first-order chi connectivity index (χ1) is 14.8. The molecule has 168 valence electrons. The summed E-state index contributed by atoms with van der Waals surface area (Å²) in [5, 5.41) is 3.25. The number of benzene rings is 1. The van der Waals surface area contributed by atoms with Crippen LogP contribution in [0.25, 0.3) is 0 Å². The first-order valence-electron chi connectivity index (χ1n) is 11.5. The van der Waals surface area contributed by atoms with Crippen LogP contribution in [-0.4, -0.2) is 41.4 Å². The molecule has 1 saturated carbocycles. The van der Waals surface area contributed by atoms with Gasteiger partial charge in [-0.15, -0.1) is 0 Å². The van der Waals surface area contributed by atoms with Crippen molar-refractivity contribution < 1.29 is 14.3 Å². The molecule has 5 atom stereocenters. The number of hydrogen-bond acceptors (Lipinski definition) is 5. The zero-order valence-corrected chi connectivity index (χ0v) is 18.9. The Morgan fingerprint density at radius 2 is 2.00 bits per heavy atom. The number of hydrogen-bond donors (Lipinski definition) is 2. The Hall–Kier alpha value is -2.57. The van der Waals surface area contributed by atoms with Gasteiger partial charge < -0.3 is 15.8 Å². The average Bonchev–Trinajstić information content (AvgIpc) is 3.41. The number of aliphatic imine (C=N–C) groups is 1. The number of nitrogens with zero attached hydrogens (tertiary/aromatic N) is 2. The molecular weight excluding hydrogens is 392 g/mol. The molecule has 0 radical (unpaired) electrons. The predicted molar refractivity (Wildman–Crippen MR) is 119 cm³/mol. The Kier molecular flexibility index (Phi) is 5.71. The van der Waals surface area contributed by atoms with Gasteiger partial charge in [-0.3, -0.25) is 14.5 Å². The number of para-hydroxylation sites is 1. The third-order valence-electron chi connectivity index (χ3n) is 7.61. The van der Waals surface area contributed by atoms with Crippen molar-refractivity contribution in [1.29, 1.82) is 0 Å². The van der Waals surface area contributed by atoms with Crippen molar-refractivity contribution in [2.45, 2.75) is 58.5 Å². The number of ether oxygens (including phenoxy) is 1. The fourth-order valence-corrected chi connectivity index (χ4v) is 5.13. The molecule has 7 heteroatoms. The molecule has 31 heavy (non-hydrogen) atoms. The van der Waals surface area contributed by atoms with Crippen LogP contribution in [-0.2, 0) is 9.59 Å². The largest absolute Gasteiger partial charge is 0.493 e. The van der Waals surface area contributed by atoms with E-state index in [1.165, 1.54) is 0 Å². The van der Waals surface area contributed by atoms with E-state index in [1.807, 2.05) is 38.1 Å². The topological polar surface area (TPSA) is 97.0 Å². The Morgan fingerprint density at radius 1 is 1.29 bits per heavy atom. The van der Waals surface area contributed by atoms with Gasteiger partial charge in [0.15, 0.2) is 5.96 Å². The van der Waals surface area contributed by atoms with Gasteiger partial charge in [0.1, 0.15) is 5.75 Å². The summed E-state index contributed by atoms with van der Waals surface area (Å²) in [5.74, 6) is 1.56. The molecule has 3 aliphatic rings.